The summed E-state index contributed by atoms with van der Waals surface area (Å²) in [7, 11) is -3.16. The Hall–Kier alpha value is -1.33. The van der Waals surface area contributed by atoms with Gasteiger partial charge in [0.05, 0.1) is 5.25 Å². The van der Waals surface area contributed by atoms with Gasteiger partial charge in [0, 0.05) is 23.1 Å². The Balaban J connectivity index is 1.76. The van der Waals surface area contributed by atoms with Gasteiger partial charge in [0.15, 0.2) is 0 Å². The van der Waals surface area contributed by atoms with E-state index in [0.717, 1.165) is 37.8 Å². The van der Waals surface area contributed by atoms with Crippen molar-refractivity contribution in [2.75, 3.05) is 6.54 Å². The number of sulfonamides is 1. The van der Waals surface area contributed by atoms with Gasteiger partial charge in [0.2, 0.25) is 10.0 Å². The van der Waals surface area contributed by atoms with E-state index in [1.54, 1.807) is 0 Å². The third kappa shape index (κ3) is 3.31. The average molecular weight is 334 g/mol. The van der Waals surface area contributed by atoms with Crippen molar-refractivity contribution in [3.8, 4) is 0 Å². The predicted octanol–water partition coefficient (Wildman–Crippen LogP) is 3.50. The second kappa shape index (κ2) is 6.29. The fourth-order valence-electron chi connectivity index (χ4n) is 3.79. The van der Waals surface area contributed by atoms with Gasteiger partial charge in [0.25, 0.3) is 0 Å². The second-order valence-electron chi connectivity index (χ2n) is 6.83. The van der Waals surface area contributed by atoms with Gasteiger partial charge >= 0.3 is 0 Å². The number of hydrogen-bond donors (Lipinski definition) is 2. The van der Waals surface area contributed by atoms with Crippen molar-refractivity contribution in [3.63, 3.8) is 0 Å². The molecule has 1 aliphatic carbocycles. The molecule has 0 atom stereocenters. The summed E-state index contributed by atoms with van der Waals surface area (Å²) in [6.45, 7) is 6.74. The van der Waals surface area contributed by atoms with Crippen molar-refractivity contribution in [2.45, 2.75) is 58.1 Å². The SMILES string of the molecule is Cc1cc(C)c2[nH]c(C)c(CCNS(=O)(=O)C3CCCC3)c2c1. The topological polar surface area (TPSA) is 62.0 Å². The molecular weight excluding hydrogens is 308 g/mol. The standard InChI is InChI=1S/C18H26N2O2S/c1-12-10-13(2)18-17(11-12)16(14(3)20-18)8-9-19-23(21,22)15-6-4-5-7-15/h10-11,15,19-20H,4-9H2,1-3H3. The minimum absolute atomic E-state index is 0.184. The fraction of sp³-hybridized carbons (Fsp3) is 0.556. The number of nitrogens with one attached hydrogen (secondary N) is 2. The highest BCUT2D eigenvalue weighted by atomic mass is 32.2. The number of hydrogen-bond acceptors (Lipinski definition) is 2. The summed E-state index contributed by atoms with van der Waals surface area (Å²) in [5, 5.41) is 1.04. The molecule has 0 spiro atoms. The first-order valence-corrected chi connectivity index (χ1v) is 10.00. The van der Waals surface area contributed by atoms with Crippen LogP contribution in [0.3, 0.4) is 0 Å². The van der Waals surface area contributed by atoms with Crippen LogP contribution in [-0.4, -0.2) is 25.2 Å². The molecule has 2 N–H and O–H groups in total. The quantitative estimate of drug-likeness (QED) is 0.879. The van der Waals surface area contributed by atoms with Gasteiger partial charge in [-0.05, 0) is 57.2 Å². The Labute approximate surface area is 138 Å². The summed E-state index contributed by atoms with van der Waals surface area (Å²) >= 11 is 0. The molecule has 5 heteroatoms. The highest BCUT2D eigenvalue weighted by Crippen LogP contribution is 2.27. The van der Waals surface area contributed by atoms with Crippen molar-refractivity contribution >= 4 is 20.9 Å². The number of rotatable bonds is 5. The van der Waals surface area contributed by atoms with Gasteiger partial charge < -0.3 is 4.98 Å². The molecule has 0 saturated heterocycles. The fourth-order valence-corrected chi connectivity index (χ4v) is 5.37. The molecule has 1 aliphatic rings. The van der Waals surface area contributed by atoms with Crippen LogP contribution >= 0.6 is 0 Å². The third-order valence-corrected chi connectivity index (χ3v) is 6.94. The zero-order valence-electron chi connectivity index (χ0n) is 14.2. The van der Waals surface area contributed by atoms with Crippen LogP contribution in [0.5, 0.6) is 0 Å². The van der Waals surface area contributed by atoms with Crippen molar-refractivity contribution in [3.05, 3.63) is 34.5 Å². The van der Waals surface area contributed by atoms with Crippen LogP contribution in [0, 0.1) is 20.8 Å². The van der Waals surface area contributed by atoms with Crippen molar-refractivity contribution in [2.24, 2.45) is 0 Å². The molecule has 126 valence electrons. The molecule has 1 fully saturated rings. The first-order chi connectivity index (χ1) is 10.9. The second-order valence-corrected chi connectivity index (χ2v) is 8.87. The lowest BCUT2D eigenvalue weighted by Gasteiger charge is -2.12. The maximum Gasteiger partial charge on any atom is 0.214 e. The molecule has 4 nitrogen and oxygen atoms in total. The maximum atomic E-state index is 12.3. The van der Waals surface area contributed by atoms with Crippen LogP contribution in [-0.2, 0) is 16.4 Å². The molecule has 0 unspecified atom stereocenters. The van der Waals surface area contributed by atoms with Gasteiger partial charge in [-0.3, -0.25) is 0 Å². The Bertz CT molecular complexity index is 815. The van der Waals surface area contributed by atoms with Crippen molar-refractivity contribution in [1.29, 1.82) is 0 Å². The summed E-state index contributed by atoms with van der Waals surface area (Å²) in [4.78, 5) is 3.45. The molecule has 0 radical (unpaired) electrons. The molecule has 1 heterocycles. The lowest BCUT2D eigenvalue weighted by atomic mass is 10.0. The lowest BCUT2D eigenvalue weighted by Crippen LogP contribution is -2.34. The van der Waals surface area contributed by atoms with Gasteiger partial charge in [-0.1, -0.05) is 24.5 Å². The van der Waals surface area contributed by atoms with E-state index in [-0.39, 0.29) is 5.25 Å². The van der Waals surface area contributed by atoms with Gasteiger partial charge in [-0.15, -0.1) is 0 Å². The highest BCUT2D eigenvalue weighted by Gasteiger charge is 2.28. The van der Waals surface area contributed by atoms with E-state index >= 15 is 0 Å². The summed E-state index contributed by atoms with van der Waals surface area (Å²) in [6.07, 6.45) is 4.40. The van der Waals surface area contributed by atoms with E-state index in [1.807, 2.05) is 0 Å². The van der Waals surface area contributed by atoms with E-state index in [1.165, 1.54) is 27.6 Å². The smallest absolute Gasteiger partial charge is 0.214 e. The molecule has 1 aromatic carbocycles. The van der Waals surface area contributed by atoms with Gasteiger partial charge in [0.1, 0.15) is 0 Å². The van der Waals surface area contributed by atoms with Crippen LogP contribution in [0.4, 0.5) is 0 Å². The minimum Gasteiger partial charge on any atom is -0.358 e. The Kier molecular flexibility index (Phi) is 4.52. The first-order valence-electron chi connectivity index (χ1n) is 8.45. The van der Waals surface area contributed by atoms with Crippen LogP contribution in [0.2, 0.25) is 0 Å². The zero-order chi connectivity index (χ0) is 16.6. The Morgan fingerprint density at radius 1 is 1.17 bits per heavy atom. The zero-order valence-corrected chi connectivity index (χ0v) is 15.0. The largest absolute Gasteiger partial charge is 0.358 e. The molecule has 0 bridgehead atoms. The van der Waals surface area contributed by atoms with Crippen molar-refractivity contribution in [1.82, 2.24) is 9.71 Å². The number of aromatic nitrogens is 1. The molecule has 23 heavy (non-hydrogen) atoms. The number of benzene rings is 1. The monoisotopic (exact) mass is 334 g/mol. The van der Waals surface area contributed by atoms with E-state index < -0.39 is 10.0 Å². The van der Waals surface area contributed by atoms with Crippen LogP contribution in [0.1, 0.15) is 48.1 Å². The van der Waals surface area contributed by atoms with E-state index in [9.17, 15) is 8.42 Å². The van der Waals surface area contributed by atoms with Crippen LogP contribution < -0.4 is 4.72 Å². The first kappa shape index (κ1) is 16.5. The number of H-pyrrole nitrogens is 1. The highest BCUT2D eigenvalue weighted by molar-refractivity contribution is 7.90. The summed E-state index contributed by atoms with van der Waals surface area (Å²) in [5.74, 6) is 0. The number of aryl methyl sites for hydroxylation is 3. The summed E-state index contributed by atoms with van der Waals surface area (Å²) in [6, 6.07) is 4.36. The Morgan fingerprint density at radius 2 is 1.87 bits per heavy atom. The number of fused-ring (bicyclic) bond motifs is 1. The Morgan fingerprint density at radius 3 is 2.57 bits per heavy atom. The third-order valence-electron chi connectivity index (χ3n) is 4.99. The molecule has 0 amide bonds. The van der Waals surface area contributed by atoms with Crippen molar-refractivity contribution < 1.29 is 8.42 Å². The van der Waals surface area contributed by atoms with E-state index in [2.05, 4.69) is 42.6 Å². The predicted molar refractivity (Wildman–Crippen MR) is 95.4 cm³/mol. The molecular formula is C18H26N2O2S. The normalized spacial score (nSPS) is 16.5. The molecule has 2 aromatic rings. The molecule has 0 aliphatic heterocycles. The number of aromatic amines is 1. The van der Waals surface area contributed by atoms with Crippen LogP contribution in [0.25, 0.3) is 10.9 Å². The molecule has 1 saturated carbocycles. The summed E-state index contributed by atoms with van der Waals surface area (Å²) in [5.41, 5.74) is 6.00. The average Bonchev–Trinajstić information content (AvgIpc) is 3.09. The minimum atomic E-state index is -3.16. The summed E-state index contributed by atoms with van der Waals surface area (Å²) < 4.78 is 27.4. The molecule has 3 rings (SSSR count). The van der Waals surface area contributed by atoms with Crippen LogP contribution in [0.15, 0.2) is 12.1 Å². The maximum absolute atomic E-state index is 12.3. The molecule has 1 aromatic heterocycles. The lowest BCUT2D eigenvalue weighted by molar-refractivity contribution is 0.564. The van der Waals surface area contributed by atoms with E-state index in [4.69, 9.17) is 0 Å². The van der Waals surface area contributed by atoms with Gasteiger partial charge in [-0.25, -0.2) is 13.1 Å². The van der Waals surface area contributed by atoms with E-state index in [0.29, 0.717) is 6.54 Å². The van der Waals surface area contributed by atoms with Gasteiger partial charge in [-0.2, -0.15) is 0 Å².